The van der Waals surface area contributed by atoms with Gasteiger partial charge in [-0.3, -0.25) is 4.99 Å². The molecule has 0 spiro atoms. The number of guanidine groups is 1. The third-order valence-electron chi connectivity index (χ3n) is 4.85. The minimum atomic E-state index is -0.469. The molecule has 30 heavy (non-hydrogen) atoms. The van der Waals surface area contributed by atoms with Gasteiger partial charge in [0.1, 0.15) is 5.60 Å². The average Bonchev–Trinajstić information content (AvgIpc) is 3.15. The molecule has 1 amide bonds. The van der Waals surface area contributed by atoms with Gasteiger partial charge in [-0.2, -0.15) is 0 Å². The zero-order chi connectivity index (χ0) is 20.9. The van der Waals surface area contributed by atoms with Crippen molar-refractivity contribution < 1.29 is 19.0 Å². The Hall–Kier alpha value is -1.91. The summed E-state index contributed by atoms with van der Waals surface area (Å²) in [5.74, 6) is 2.65. The number of piperidine rings is 1. The zero-order valence-electron chi connectivity index (χ0n) is 18.2. The lowest BCUT2D eigenvalue weighted by molar-refractivity contribution is 0.0168. The summed E-state index contributed by atoms with van der Waals surface area (Å²) in [6.07, 6.45) is 1.83. The van der Waals surface area contributed by atoms with Gasteiger partial charge >= 0.3 is 6.09 Å². The molecule has 3 rings (SSSR count). The number of hydrogen-bond acceptors (Lipinski definition) is 5. The first-order valence-electron chi connectivity index (χ1n) is 10.1. The number of rotatable bonds is 4. The van der Waals surface area contributed by atoms with E-state index in [0.717, 1.165) is 49.0 Å². The van der Waals surface area contributed by atoms with Crippen molar-refractivity contribution >= 4 is 36.0 Å². The molecule has 0 aliphatic carbocycles. The zero-order valence-corrected chi connectivity index (χ0v) is 20.5. The van der Waals surface area contributed by atoms with Gasteiger partial charge in [-0.1, -0.05) is 6.07 Å². The maximum Gasteiger partial charge on any atom is 0.410 e. The first kappa shape index (κ1) is 24.4. The molecule has 1 aromatic carbocycles. The number of carbonyl (C=O) groups excluding carboxylic acids is 1. The molecule has 0 saturated carbocycles. The lowest BCUT2D eigenvalue weighted by atomic mass is 9.98. The van der Waals surface area contributed by atoms with Crippen molar-refractivity contribution in [1.29, 1.82) is 0 Å². The van der Waals surface area contributed by atoms with E-state index >= 15 is 0 Å². The lowest BCUT2D eigenvalue weighted by Gasteiger charge is -2.34. The van der Waals surface area contributed by atoms with Crippen LogP contribution in [0.4, 0.5) is 4.79 Å². The Morgan fingerprint density at radius 1 is 1.27 bits per heavy atom. The number of halogens is 1. The van der Waals surface area contributed by atoms with Gasteiger partial charge < -0.3 is 29.7 Å². The summed E-state index contributed by atoms with van der Waals surface area (Å²) >= 11 is 0. The first-order chi connectivity index (χ1) is 13.8. The molecule has 2 aliphatic rings. The summed E-state index contributed by atoms with van der Waals surface area (Å²) in [5, 5.41) is 6.69. The largest absolute Gasteiger partial charge is 0.454 e. The van der Waals surface area contributed by atoms with Gasteiger partial charge in [0.15, 0.2) is 17.5 Å². The van der Waals surface area contributed by atoms with Crippen LogP contribution in [0.1, 0.15) is 39.2 Å². The standard InChI is InChI=1S/C21H32N4O4.HI/c1-21(2,3)29-20(26)25-9-5-6-16(13-25)12-24-19(22-4)23-11-15-7-8-17-18(10-15)28-14-27-17;/h7-8,10,16H,5-6,9,11-14H2,1-4H3,(H2,22,23,24);1H. The monoisotopic (exact) mass is 532 g/mol. The molecule has 1 unspecified atom stereocenters. The van der Waals surface area contributed by atoms with Crippen LogP contribution in [0.5, 0.6) is 11.5 Å². The summed E-state index contributed by atoms with van der Waals surface area (Å²) in [4.78, 5) is 18.4. The molecule has 1 saturated heterocycles. The molecule has 2 heterocycles. The molecule has 8 nitrogen and oxygen atoms in total. The van der Waals surface area contributed by atoms with Gasteiger partial charge in [0.05, 0.1) is 0 Å². The molecule has 0 aromatic heterocycles. The summed E-state index contributed by atoms with van der Waals surface area (Å²) in [6, 6.07) is 5.90. The fraction of sp³-hybridized carbons (Fsp3) is 0.619. The van der Waals surface area contributed by atoms with E-state index in [0.29, 0.717) is 19.0 Å². The summed E-state index contributed by atoms with van der Waals surface area (Å²) < 4.78 is 16.3. The first-order valence-corrected chi connectivity index (χ1v) is 10.1. The van der Waals surface area contributed by atoms with Gasteiger partial charge in [0.2, 0.25) is 6.79 Å². The Morgan fingerprint density at radius 2 is 2.03 bits per heavy atom. The molecular weight excluding hydrogens is 499 g/mol. The van der Waals surface area contributed by atoms with Crippen molar-refractivity contribution in [1.82, 2.24) is 15.5 Å². The van der Waals surface area contributed by atoms with Gasteiger partial charge in [0, 0.05) is 33.2 Å². The second kappa shape index (κ2) is 10.9. The second-order valence-electron chi connectivity index (χ2n) is 8.43. The molecule has 1 fully saturated rings. The molecular formula is C21H33IN4O4. The van der Waals surface area contributed by atoms with Crippen LogP contribution in [0.25, 0.3) is 0 Å². The third-order valence-corrected chi connectivity index (χ3v) is 4.85. The van der Waals surface area contributed by atoms with Crippen molar-refractivity contribution in [2.45, 2.75) is 45.8 Å². The number of ether oxygens (including phenoxy) is 3. The van der Waals surface area contributed by atoms with Crippen LogP contribution < -0.4 is 20.1 Å². The van der Waals surface area contributed by atoms with Crippen LogP contribution in [-0.4, -0.2) is 56.0 Å². The quantitative estimate of drug-likeness (QED) is 0.352. The maximum absolute atomic E-state index is 12.3. The number of hydrogen-bond donors (Lipinski definition) is 2. The van der Waals surface area contributed by atoms with E-state index in [1.165, 1.54) is 0 Å². The van der Waals surface area contributed by atoms with Crippen LogP contribution >= 0.6 is 24.0 Å². The number of nitrogens with one attached hydrogen (secondary N) is 2. The highest BCUT2D eigenvalue weighted by atomic mass is 127. The number of likely N-dealkylation sites (tertiary alicyclic amines) is 1. The summed E-state index contributed by atoms with van der Waals surface area (Å²) in [6.45, 7) is 8.78. The smallest absolute Gasteiger partial charge is 0.410 e. The van der Waals surface area contributed by atoms with Crippen LogP contribution in [0.15, 0.2) is 23.2 Å². The molecule has 9 heteroatoms. The van der Waals surface area contributed by atoms with Gasteiger partial charge in [-0.15, -0.1) is 24.0 Å². The van der Waals surface area contributed by atoms with Crippen LogP contribution in [0.2, 0.25) is 0 Å². The fourth-order valence-electron chi connectivity index (χ4n) is 3.42. The molecule has 1 atom stereocenters. The van der Waals surface area contributed by atoms with E-state index in [1.807, 2.05) is 43.9 Å². The highest BCUT2D eigenvalue weighted by Crippen LogP contribution is 2.32. The SMILES string of the molecule is CN=C(NCc1ccc2c(c1)OCO2)NCC1CCCN(C(=O)OC(C)(C)C)C1.I. The van der Waals surface area contributed by atoms with Crippen molar-refractivity contribution in [2.75, 3.05) is 33.5 Å². The highest BCUT2D eigenvalue weighted by molar-refractivity contribution is 14.0. The predicted molar refractivity (Wildman–Crippen MR) is 127 cm³/mol. The third kappa shape index (κ3) is 7.10. The number of fused-ring (bicyclic) bond motifs is 1. The number of amides is 1. The van der Waals surface area contributed by atoms with Crippen molar-refractivity contribution in [3.05, 3.63) is 23.8 Å². The maximum atomic E-state index is 12.3. The van der Waals surface area contributed by atoms with E-state index in [4.69, 9.17) is 14.2 Å². The normalized spacial score (nSPS) is 18.5. The van der Waals surface area contributed by atoms with E-state index in [-0.39, 0.29) is 36.9 Å². The summed E-state index contributed by atoms with van der Waals surface area (Å²) in [5.41, 5.74) is 0.620. The Balaban J connectivity index is 0.00000320. The Bertz CT molecular complexity index is 751. The van der Waals surface area contributed by atoms with Crippen LogP contribution in [0.3, 0.4) is 0 Å². The minimum absolute atomic E-state index is 0. The Kier molecular flexibility index (Phi) is 8.87. The van der Waals surface area contributed by atoms with Gasteiger partial charge in [0.25, 0.3) is 0 Å². The molecule has 0 radical (unpaired) electrons. The number of nitrogens with zero attached hydrogens (tertiary/aromatic N) is 2. The predicted octanol–water partition coefficient (Wildman–Crippen LogP) is 3.35. The highest BCUT2D eigenvalue weighted by Gasteiger charge is 2.27. The van der Waals surface area contributed by atoms with E-state index in [2.05, 4.69) is 15.6 Å². The van der Waals surface area contributed by atoms with Crippen molar-refractivity contribution in [3.8, 4) is 11.5 Å². The molecule has 168 valence electrons. The number of carbonyl (C=O) groups is 1. The van der Waals surface area contributed by atoms with Crippen LogP contribution in [-0.2, 0) is 11.3 Å². The van der Waals surface area contributed by atoms with Crippen molar-refractivity contribution in [2.24, 2.45) is 10.9 Å². The molecule has 2 N–H and O–H groups in total. The molecule has 2 aliphatic heterocycles. The average molecular weight is 532 g/mol. The van der Waals surface area contributed by atoms with E-state index < -0.39 is 5.60 Å². The number of benzene rings is 1. The minimum Gasteiger partial charge on any atom is -0.454 e. The van der Waals surface area contributed by atoms with E-state index in [1.54, 1.807) is 7.05 Å². The van der Waals surface area contributed by atoms with Gasteiger partial charge in [-0.05, 0) is 57.2 Å². The fourth-order valence-corrected chi connectivity index (χ4v) is 3.42. The van der Waals surface area contributed by atoms with Crippen LogP contribution in [0, 0.1) is 5.92 Å². The Labute approximate surface area is 195 Å². The van der Waals surface area contributed by atoms with Crippen molar-refractivity contribution in [3.63, 3.8) is 0 Å². The Morgan fingerprint density at radius 3 is 2.77 bits per heavy atom. The second-order valence-corrected chi connectivity index (χ2v) is 8.43. The molecule has 0 bridgehead atoms. The van der Waals surface area contributed by atoms with E-state index in [9.17, 15) is 4.79 Å². The summed E-state index contributed by atoms with van der Waals surface area (Å²) in [7, 11) is 1.75. The van der Waals surface area contributed by atoms with Gasteiger partial charge in [-0.25, -0.2) is 4.79 Å². The number of aliphatic imine (C=N–C) groups is 1. The topological polar surface area (TPSA) is 84.4 Å². The molecule has 1 aromatic rings. The lowest BCUT2D eigenvalue weighted by Crippen LogP contribution is -2.47.